The Balaban J connectivity index is 0.000000671. The maximum Gasteiger partial charge on any atom is 0.490 e. The lowest BCUT2D eigenvalue weighted by Crippen LogP contribution is -2.32. The third-order valence-electron chi connectivity index (χ3n) is 7.53. The van der Waals surface area contributed by atoms with Gasteiger partial charge in [-0.25, -0.2) is 4.79 Å². The van der Waals surface area contributed by atoms with Crippen LogP contribution >= 0.6 is 11.3 Å². The summed E-state index contributed by atoms with van der Waals surface area (Å²) in [6, 6.07) is 28.2. The van der Waals surface area contributed by atoms with E-state index in [1.54, 1.807) is 11.3 Å². The van der Waals surface area contributed by atoms with E-state index in [-0.39, 0.29) is 11.8 Å². The topological polar surface area (TPSA) is 129 Å². The molecule has 252 valence electrons. The summed E-state index contributed by atoms with van der Waals surface area (Å²) in [5.41, 5.74) is 11.4. The number of nitrogens with one attached hydrogen (secondary N) is 2. The minimum atomic E-state index is -5.08. The van der Waals surface area contributed by atoms with Crippen molar-refractivity contribution in [3.05, 3.63) is 118 Å². The van der Waals surface area contributed by atoms with E-state index in [4.69, 9.17) is 15.6 Å². The lowest BCUT2D eigenvalue weighted by atomic mass is 9.97. The first-order valence-electron chi connectivity index (χ1n) is 15.4. The summed E-state index contributed by atoms with van der Waals surface area (Å²) >= 11 is 1.74. The van der Waals surface area contributed by atoms with E-state index < -0.39 is 12.1 Å². The van der Waals surface area contributed by atoms with Crippen LogP contribution in [0.2, 0.25) is 0 Å². The maximum atomic E-state index is 13.6. The summed E-state index contributed by atoms with van der Waals surface area (Å²) < 4.78 is 31.7. The average molecular weight is 679 g/mol. The Morgan fingerprint density at radius 3 is 2.42 bits per heavy atom. The SMILES string of the molecule is NCCNC(=O)c1ccccc1-c1cccc(CN(CCc2c[nH]c3ccccc23)C(=O)CCCc2cccs2)c1.O=C(O)C(F)(F)F. The summed E-state index contributed by atoms with van der Waals surface area (Å²) in [6.07, 6.45) is -0.00996. The van der Waals surface area contributed by atoms with Gasteiger partial charge in [0, 0.05) is 60.1 Å². The number of hydrogen-bond donors (Lipinski definition) is 4. The number of carboxylic acids is 1. The predicted octanol–water partition coefficient (Wildman–Crippen LogP) is 6.81. The summed E-state index contributed by atoms with van der Waals surface area (Å²) in [4.78, 5) is 41.9. The molecule has 0 saturated carbocycles. The number of aryl methyl sites for hydroxylation is 1. The lowest BCUT2D eigenvalue weighted by molar-refractivity contribution is -0.192. The van der Waals surface area contributed by atoms with E-state index in [1.165, 1.54) is 15.8 Å². The molecule has 48 heavy (non-hydrogen) atoms. The van der Waals surface area contributed by atoms with Gasteiger partial charge in [-0.3, -0.25) is 9.59 Å². The molecule has 12 heteroatoms. The Bertz CT molecular complexity index is 1800. The number of H-pyrrole nitrogens is 1. The Labute approximate surface area is 280 Å². The standard InChI is InChI=1S/C34H36N4O2S.C2HF3O2/c35-18-19-36-34(40)31-14-2-1-12-29(31)26-9-5-8-25(22-26)24-38(33(39)16-6-10-28-11-7-21-41-28)20-17-27-23-37-32-15-4-3-13-30(27)32;3-2(4,5)1(6)7/h1-5,7-9,11-15,21-23,37H,6,10,16-20,24,35H2,(H,36,40);(H,6,7). The molecule has 0 fully saturated rings. The predicted molar refractivity (Wildman–Crippen MR) is 182 cm³/mol. The van der Waals surface area contributed by atoms with Crippen LogP contribution < -0.4 is 11.1 Å². The minimum absolute atomic E-state index is 0.141. The van der Waals surface area contributed by atoms with Crippen LogP contribution in [0.3, 0.4) is 0 Å². The molecule has 0 spiro atoms. The quantitative estimate of drug-likeness (QED) is 0.109. The first-order valence-corrected chi connectivity index (χ1v) is 16.3. The molecule has 2 heterocycles. The number of amides is 2. The molecule has 0 unspecified atom stereocenters. The molecule has 8 nitrogen and oxygen atoms in total. The molecule has 0 bridgehead atoms. The number of rotatable bonds is 13. The van der Waals surface area contributed by atoms with Crippen molar-refractivity contribution < 1.29 is 32.7 Å². The van der Waals surface area contributed by atoms with Crippen molar-refractivity contribution in [1.29, 1.82) is 0 Å². The number of aliphatic carboxylic acids is 1. The number of nitrogens with zero attached hydrogens (tertiary/aromatic N) is 1. The molecule has 0 radical (unpaired) electrons. The van der Waals surface area contributed by atoms with Crippen LogP contribution in [0.5, 0.6) is 0 Å². The summed E-state index contributed by atoms with van der Waals surface area (Å²) in [5, 5.41) is 13.3. The van der Waals surface area contributed by atoms with Gasteiger partial charge in [-0.05, 0) is 71.2 Å². The third kappa shape index (κ3) is 10.3. The van der Waals surface area contributed by atoms with Crippen LogP contribution in [0.4, 0.5) is 13.2 Å². The number of aromatic amines is 1. The highest BCUT2D eigenvalue weighted by Gasteiger charge is 2.38. The molecule has 5 N–H and O–H groups in total. The molecular formula is C36H37F3N4O4S. The largest absolute Gasteiger partial charge is 0.490 e. The molecule has 0 aliphatic carbocycles. The van der Waals surface area contributed by atoms with Crippen molar-refractivity contribution in [2.75, 3.05) is 19.6 Å². The number of para-hydroxylation sites is 1. The first-order chi connectivity index (χ1) is 23.1. The second-order valence-electron chi connectivity index (χ2n) is 11.0. The number of alkyl halides is 3. The number of thiophene rings is 1. The Morgan fingerprint density at radius 2 is 1.69 bits per heavy atom. The molecule has 0 saturated heterocycles. The summed E-state index contributed by atoms with van der Waals surface area (Å²) in [7, 11) is 0. The average Bonchev–Trinajstić information content (AvgIpc) is 3.76. The second kappa shape index (κ2) is 17.3. The van der Waals surface area contributed by atoms with Gasteiger partial charge in [-0.1, -0.05) is 60.7 Å². The molecule has 2 aromatic heterocycles. The number of carboxylic acid groups (broad SMARTS) is 1. The number of nitrogens with two attached hydrogens (primary N) is 1. The van der Waals surface area contributed by atoms with Crippen LogP contribution in [0.25, 0.3) is 22.0 Å². The first kappa shape index (κ1) is 35.9. The molecule has 2 amide bonds. The Kier molecular flexibility index (Phi) is 12.9. The van der Waals surface area contributed by atoms with E-state index in [9.17, 15) is 22.8 Å². The number of carbonyl (C=O) groups is 3. The molecule has 0 atom stereocenters. The summed E-state index contributed by atoms with van der Waals surface area (Å²) in [6.45, 7) is 1.95. The van der Waals surface area contributed by atoms with Crippen molar-refractivity contribution in [2.45, 2.75) is 38.4 Å². The molecule has 0 aliphatic heterocycles. The van der Waals surface area contributed by atoms with Crippen LogP contribution in [0, 0.1) is 0 Å². The van der Waals surface area contributed by atoms with Gasteiger partial charge < -0.3 is 26.0 Å². The van der Waals surface area contributed by atoms with Crippen molar-refractivity contribution in [1.82, 2.24) is 15.2 Å². The molecule has 3 aromatic carbocycles. The monoisotopic (exact) mass is 678 g/mol. The van der Waals surface area contributed by atoms with E-state index in [1.807, 2.05) is 53.4 Å². The molecule has 5 rings (SSSR count). The zero-order valence-electron chi connectivity index (χ0n) is 26.1. The number of fused-ring (bicyclic) bond motifs is 1. The highest BCUT2D eigenvalue weighted by molar-refractivity contribution is 7.09. The number of halogens is 3. The fraction of sp³-hybridized carbons (Fsp3) is 0.250. The fourth-order valence-electron chi connectivity index (χ4n) is 5.18. The fourth-order valence-corrected chi connectivity index (χ4v) is 5.94. The molecule has 5 aromatic rings. The van der Waals surface area contributed by atoms with E-state index in [2.05, 4.69) is 58.3 Å². The van der Waals surface area contributed by atoms with Gasteiger partial charge in [0.25, 0.3) is 5.91 Å². The second-order valence-corrected chi connectivity index (χ2v) is 12.0. The van der Waals surface area contributed by atoms with Crippen molar-refractivity contribution in [3.63, 3.8) is 0 Å². The zero-order valence-corrected chi connectivity index (χ0v) is 26.9. The molecule has 0 aliphatic rings. The van der Waals surface area contributed by atoms with Crippen LogP contribution in [-0.2, 0) is 29.0 Å². The van der Waals surface area contributed by atoms with E-state index >= 15 is 0 Å². The van der Waals surface area contributed by atoms with Crippen molar-refractivity contribution in [2.24, 2.45) is 5.73 Å². The van der Waals surface area contributed by atoms with Gasteiger partial charge in [0.1, 0.15) is 0 Å². The van der Waals surface area contributed by atoms with Gasteiger partial charge in [-0.2, -0.15) is 13.2 Å². The maximum absolute atomic E-state index is 13.6. The van der Waals surface area contributed by atoms with Crippen LogP contribution in [-0.4, -0.2) is 58.6 Å². The number of carbonyl (C=O) groups excluding carboxylic acids is 2. The number of hydrogen-bond acceptors (Lipinski definition) is 5. The van der Waals surface area contributed by atoms with Gasteiger partial charge in [-0.15, -0.1) is 11.3 Å². The lowest BCUT2D eigenvalue weighted by Gasteiger charge is -2.23. The van der Waals surface area contributed by atoms with Crippen LogP contribution in [0.15, 0.2) is 96.5 Å². The van der Waals surface area contributed by atoms with Gasteiger partial charge >= 0.3 is 12.1 Å². The van der Waals surface area contributed by atoms with Crippen LogP contribution in [0.1, 0.15) is 39.2 Å². The highest BCUT2D eigenvalue weighted by atomic mass is 32.1. The van der Waals surface area contributed by atoms with Gasteiger partial charge in [0.15, 0.2) is 0 Å². The number of benzene rings is 3. The minimum Gasteiger partial charge on any atom is -0.475 e. The van der Waals surface area contributed by atoms with Gasteiger partial charge in [0.05, 0.1) is 0 Å². The summed E-state index contributed by atoms with van der Waals surface area (Å²) in [5.74, 6) is -2.74. The third-order valence-corrected chi connectivity index (χ3v) is 8.46. The number of aromatic nitrogens is 1. The normalized spacial score (nSPS) is 11.1. The van der Waals surface area contributed by atoms with Crippen molar-refractivity contribution in [3.8, 4) is 11.1 Å². The van der Waals surface area contributed by atoms with E-state index in [0.717, 1.165) is 41.5 Å². The van der Waals surface area contributed by atoms with Crippen molar-refractivity contribution >= 4 is 40.0 Å². The Hall–Kier alpha value is -4.94. The smallest absolute Gasteiger partial charge is 0.475 e. The highest BCUT2D eigenvalue weighted by Crippen LogP contribution is 2.26. The zero-order chi connectivity index (χ0) is 34.5. The Morgan fingerprint density at radius 1 is 0.938 bits per heavy atom. The van der Waals surface area contributed by atoms with Gasteiger partial charge in [0.2, 0.25) is 5.91 Å². The van der Waals surface area contributed by atoms with E-state index in [0.29, 0.717) is 38.2 Å². The molecular weight excluding hydrogens is 641 g/mol.